The van der Waals surface area contributed by atoms with Gasteiger partial charge >= 0.3 is 0 Å². The number of hydrogen-bond acceptors (Lipinski definition) is 2. The molecule has 64 valence electrons. The Kier molecular flexibility index (Phi) is 2.99. The molecule has 0 aromatic rings. The maximum Gasteiger partial charge on any atom is 0.126 e. The second-order valence-corrected chi connectivity index (χ2v) is 4.69. The maximum atomic E-state index is 10.8. The summed E-state index contributed by atoms with van der Waals surface area (Å²) in [5, 5.41) is 0. The van der Waals surface area contributed by atoms with Crippen LogP contribution in [0.2, 0.25) is 0 Å². The van der Waals surface area contributed by atoms with Crippen molar-refractivity contribution in [2.45, 2.75) is 26.7 Å². The van der Waals surface area contributed by atoms with E-state index in [1.807, 2.05) is 11.8 Å². The summed E-state index contributed by atoms with van der Waals surface area (Å²) in [6.45, 7) is 4.20. The minimum atomic E-state index is -0.0382. The fraction of sp³-hybridized carbons (Fsp3) is 0.889. The van der Waals surface area contributed by atoms with Crippen molar-refractivity contribution < 1.29 is 4.79 Å². The zero-order valence-electron chi connectivity index (χ0n) is 7.30. The van der Waals surface area contributed by atoms with Crippen LogP contribution in [0, 0.1) is 11.3 Å². The lowest BCUT2D eigenvalue weighted by molar-refractivity contribution is -0.117. The van der Waals surface area contributed by atoms with E-state index in [9.17, 15) is 4.79 Å². The van der Waals surface area contributed by atoms with Crippen LogP contribution in [0.1, 0.15) is 26.7 Å². The molecule has 0 amide bonds. The quantitative estimate of drug-likeness (QED) is 0.608. The van der Waals surface area contributed by atoms with E-state index in [0.717, 1.165) is 12.7 Å². The van der Waals surface area contributed by atoms with Gasteiger partial charge in [0.2, 0.25) is 0 Å². The summed E-state index contributed by atoms with van der Waals surface area (Å²) in [4.78, 5) is 10.8. The third kappa shape index (κ3) is 1.78. The van der Waals surface area contributed by atoms with Crippen molar-refractivity contribution in [1.29, 1.82) is 0 Å². The molecule has 2 heteroatoms. The van der Waals surface area contributed by atoms with Gasteiger partial charge in [0.15, 0.2) is 0 Å². The molecule has 1 nitrogen and oxygen atoms in total. The highest BCUT2D eigenvalue weighted by Crippen LogP contribution is 2.38. The summed E-state index contributed by atoms with van der Waals surface area (Å²) in [6, 6.07) is 0. The van der Waals surface area contributed by atoms with Crippen molar-refractivity contribution >= 4 is 18.0 Å². The van der Waals surface area contributed by atoms with Gasteiger partial charge < -0.3 is 4.79 Å². The number of aldehydes is 1. The van der Waals surface area contributed by atoms with E-state index >= 15 is 0 Å². The first-order valence-corrected chi connectivity index (χ1v) is 5.42. The lowest BCUT2D eigenvalue weighted by Gasteiger charge is -2.27. The topological polar surface area (TPSA) is 17.1 Å². The molecule has 2 atom stereocenters. The molecule has 1 heterocycles. The molecule has 0 aliphatic carbocycles. The van der Waals surface area contributed by atoms with Gasteiger partial charge in [-0.25, -0.2) is 0 Å². The molecule has 0 spiro atoms. The van der Waals surface area contributed by atoms with E-state index < -0.39 is 0 Å². The molecule has 1 aliphatic rings. The SMILES string of the molecule is CCC(C)(C=O)C1CCSC1. The first-order chi connectivity index (χ1) is 5.23. The van der Waals surface area contributed by atoms with E-state index in [4.69, 9.17) is 0 Å². The van der Waals surface area contributed by atoms with Gasteiger partial charge in [-0.05, 0) is 30.3 Å². The number of rotatable bonds is 3. The van der Waals surface area contributed by atoms with Gasteiger partial charge in [0.25, 0.3) is 0 Å². The Morgan fingerprint density at radius 1 is 1.73 bits per heavy atom. The number of carbonyl (C=O) groups is 1. The van der Waals surface area contributed by atoms with Gasteiger partial charge in [0.1, 0.15) is 6.29 Å². The smallest absolute Gasteiger partial charge is 0.126 e. The fourth-order valence-electron chi connectivity index (χ4n) is 1.52. The Morgan fingerprint density at radius 2 is 2.45 bits per heavy atom. The molecule has 11 heavy (non-hydrogen) atoms. The minimum absolute atomic E-state index is 0.0382. The first kappa shape index (κ1) is 9.11. The van der Waals surface area contributed by atoms with Crippen LogP contribution in [0.4, 0.5) is 0 Å². The van der Waals surface area contributed by atoms with Gasteiger partial charge in [0.05, 0.1) is 0 Å². The average molecular weight is 172 g/mol. The molecule has 0 N–H and O–H groups in total. The van der Waals surface area contributed by atoms with E-state index in [0.29, 0.717) is 5.92 Å². The Bertz CT molecular complexity index is 140. The van der Waals surface area contributed by atoms with E-state index in [-0.39, 0.29) is 5.41 Å². The third-order valence-electron chi connectivity index (χ3n) is 2.89. The second-order valence-electron chi connectivity index (χ2n) is 3.54. The average Bonchev–Trinajstić information content (AvgIpc) is 2.55. The summed E-state index contributed by atoms with van der Waals surface area (Å²) in [5.74, 6) is 3.06. The van der Waals surface area contributed by atoms with E-state index in [1.165, 1.54) is 17.9 Å². The lowest BCUT2D eigenvalue weighted by Crippen LogP contribution is -2.28. The highest BCUT2D eigenvalue weighted by Gasteiger charge is 2.34. The van der Waals surface area contributed by atoms with Gasteiger partial charge in [-0.3, -0.25) is 0 Å². The van der Waals surface area contributed by atoms with Crippen LogP contribution in [-0.2, 0) is 4.79 Å². The van der Waals surface area contributed by atoms with Gasteiger partial charge in [0, 0.05) is 5.41 Å². The van der Waals surface area contributed by atoms with E-state index in [1.54, 1.807) is 0 Å². The van der Waals surface area contributed by atoms with E-state index in [2.05, 4.69) is 13.8 Å². The maximum absolute atomic E-state index is 10.8. The fourth-order valence-corrected chi connectivity index (χ4v) is 2.97. The van der Waals surface area contributed by atoms with Crippen LogP contribution in [0.5, 0.6) is 0 Å². The zero-order chi connectivity index (χ0) is 8.32. The summed E-state index contributed by atoms with van der Waals surface area (Å²) >= 11 is 1.98. The zero-order valence-corrected chi connectivity index (χ0v) is 8.12. The Labute approximate surface area is 72.9 Å². The van der Waals surface area contributed by atoms with Crippen LogP contribution in [0.15, 0.2) is 0 Å². The van der Waals surface area contributed by atoms with Crippen molar-refractivity contribution in [3.05, 3.63) is 0 Å². The first-order valence-electron chi connectivity index (χ1n) is 4.27. The molecule has 2 unspecified atom stereocenters. The van der Waals surface area contributed by atoms with Crippen molar-refractivity contribution in [2.75, 3.05) is 11.5 Å². The summed E-state index contributed by atoms with van der Waals surface area (Å²) in [6.07, 6.45) is 3.37. The predicted octanol–water partition coefficient (Wildman–Crippen LogP) is 2.35. The monoisotopic (exact) mass is 172 g/mol. The molecule has 1 aliphatic heterocycles. The molecule has 0 aromatic carbocycles. The highest BCUT2D eigenvalue weighted by atomic mass is 32.2. The molecule has 1 rings (SSSR count). The molecule has 1 fully saturated rings. The number of hydrogen-bond donors (Lipinski definition) is 0. The molecule has 0 radical (unpaired) electrons. The molecule has 0 aromatic heterocycles. The Balaban J connectivity index is 2.59. The summed E-state index contributed by atoms with van der Waals surface area (Å²) in [5.41, 5.74) is -0.0382. The van der Waals surface area contributed by atoms with Gasteiger partial charge in [-0.1, -0.05) is 13.8 Å². The normalized spacial score (nSPS) is 29.8. The Hall–Kier alpha value is 0.0200. The van der Waals surface area contributed by atoms with Gasteiger partial charge in [-0.15, -0.1) is 0 Å². The van der Waals surface area contributed by atoms with Crippen molar-refractivity contribution in [3.8, 4) is 0 Å². The predicted molar refractivity (Wildman–Crippen MR) is 49.9 cm³/mol. The van der Waals surface area contributed by atoms with Crippen LogP contribution < -0.4 is 0 Å². The van der Waals surface area contributed by atoms with Crippen LogP contribution in [0.3, 0.4) is 0 Å². The Morgan fingerprint density at radius 3 is 2.82 bits per heavy atom. The van der Waals surface area contributed by atoms with Gasteiger partial charge in [-0.2, -0.15) is 11.8 Å². The number of carbonyl (C=O) groups excluding carboxylic acids is 1. The largest absolute Gasteiger partial charge is 0.303 e. The summed E-state index contributed by atoms with van der Waals surface area (Å²) < 4.78 is 0. The van der Waals surface area contributed by atoms with Crippen molar-refractivity contribution in [1.82, 2.24) is 0 Å². The van der Waals surface area contributed by atoms with Crippen LogP contribution in [-0.4, -0.2) is 17.8 Å². The van der Waals surface area contributed by atoms with Crippen molar-refractivity contribution in [2.24, 2.45) is 11.3 Å². The number of thioether (sulfide) groups is 1. The molecule has 1 saturated heterocycles. The lowest BCUT2D eigenvalue weighted by atomic mass is 9.76. The third-order valence-corrected chi connectivity index (χ3v) is 4.06. The van der Waals surface area contributed by atoms with Crippen LogP contribution >= 0.6 is 11.8 Å². The van der Waals surface area contributed by atoms with Crippen LogP contribution in [0.25, 0.3) is 0 Å². The van der Waals surface area contributed by atoms with Crippen molar-refractivity contribution in [3.63, 3.8) is 0 Å². The highest BCUT2D eigenvalue weighted by molar-refractivity contribution is 7.99. The molecular weight excluding hydrogens is 156 g/mol. The minimum Gasteiger partial charge on any atom is -0.303 e. The second kappa shape index (κ2) is 3.61. The molecule has 0 saturated carbocycles. The molecular formula is C9H16OS. The standard InChI is InChI=1S/C9H16OS/c1-3-9(2,7-10)8-4-5-11-6-8/h7-8H,3-6H2,1-2H3. The molecule has 0 bridgehead atoms. The summed E-state index contributed by atoms with van der Waals surface area (Å²) in [7, 11) is 0.